The van der Waals surface area contributed by atoms with Gasteiger partial charge in [0.2, 0.25) is 11.8 Å². The molecule has 1 N–H and O–H groups in total. The van der Waals surface area contributed by atoms with Gasteiger partial charge in [0.15, 0.2) is 0 Å². The molecule has 0 aliphatic heterocycles. The van der Waals surface area contributed by atoms with Crippen molar-refractivity contribution in [1.29, 1.82) is 0 Å². The zero-order valence-electron chi connectivity index (χ0n) is 18.2. The number of hydrogen-bond donors (Lipinski definition) is 1. The van der Waals surface area contributed by atoms with Gasteiger partial charge in [-0.1, -0.05) is 50.6 Å². The third kappa shape index (κ3) is 7.48. The quantitative estimate of drug-likeness (QED) is 0.551. The van der Waals surface area contributed by atoms with E-state index in [9.17, 15) is 14.0 Å². The molecular formula is C24H31FN2O2S. The van der Waals surface area contributed by atoms with Gasteiger partial charge in [-0.2, -0.15) is 0 Å². The molecule has 6 heteroatoms. The van der Waals surface area contributed by atoms with Gasteiger partial charge in [-0.25, -0.2) is 4.39 Å². The van der Waals surface area contributed by atoms with Gasteiger partial charge < -0.3 is 10.2 Å². The minimum Gasteiger partial charge on any atom is -0.354 e. The lowest BCUT2D eigenvalue weighted by atomic mass is 10.1. The molecule has 2 aromatic carbocycles. The fraction of sp³-hybridized carbons (Fsp3) is 0.417. The highest BCUT2D eigenvalue weighted by Crippen LogP contribution is 2.21. The Morgan fingerprint density at radius 2 is 1.70 bits per heavy atom. The van der Waals surface area contributed by atoms with Gasteiger partial charge >= 0.3 is 0 Å². The number of benzene rings is 2. The Labute approximate surface area is 183 Å². The zero-order valence-corrected chi connectivity index (χ0v) is 19.0. The highest BCUT2D eigenvalue weighted by molar-refractivity contribution is 8.00. The standard InChI is InChI=1S/C24H31FN2O2S/c1-5-22(24(29)26-14-17(2)3)27(15-19-8-10-20(25)11-9-19)23(28)16-30-21-12-6-18(4)7-13-21/h6-13,17,22H,5,14-16H2,1-4H3,(H,26,29)/t22-/m0/s1. The number of rotatable bonds is 10. The summed E-state index contributed by atoms with van der Waals surface area (Å²) in [6.45, 7) is 8.80. The maximum atomic E-state index is 13.3. The molecule has 0 radical (unpaired) electrons. The largest absolute Gasteiger partial charge is 0.354 e. The van der Waals surface area contributed by atoms with E-state index in [2.05, 4.69) is 5.32 Å². The second-order valence-corrected chi connectivity index (χ2v) is 8.86. The molecule has 2 aromatic rings. The second-order valence-electron chi connectivity index (χ2n) is 7.81. The summed E-state index contributed by atoms with van der Waals surface area (Å²) in [5, 5.41) is 2.94. The number of carbonyl (C=O) groups excluding carboxylic acids is 2. The summed E-state index contributed by atoms with van der Waals surface area (Å²) in [5.74, 6) is -0.0328. The Bertz CT molecular complexity index is 822. The van der Waals surface area contributed by atoms with Crippen LogP contribution in [0.1, 0.15) is 38.3 Å². The first-order valence-electron chi connectivity index (χ1n) is 10.3. The van der Waals surface area contributed by atoms with Crippen molar-refractivity contribution in [1.82, 2.24) is 10.2 Å². The molecule has 0 fully saturated rings. The van der Waals surface area contributed by atoms with Crippen LogP contribution >= 0.6 is 11.8 Å². The minimum absolute atomic E-state index is 0.114. The summed E-state index contributed by atoms with van der Waals surface area (Å²) >= 11 is 1.45. The molecule has 2 amide bonds. The molecule has 30 heavy (non-hydrogen) atoms. The van der Waals surface area contributed by atoms with Crippen LogP contribution in [0, 0.1) is 18.7 Å². The van der Waals surface area contributed by atoms with Crippen LogP contribution in [0.15, 0.2) is 53.4 Å². The van der Waals surface area contributed by atoms with E-state index in [-0.39, 0.29) is 29.9 Å². The molecular weight excluding hydrogens is 399 g/mol. The van der Waals surface area contributed by atoms with Crippen molar-refractivity contribution in [3.63, 3.8) is 0 Å². The van der Waals surface area contributed by atoms with Crippen LogP contribution in [-0.2, 0) is 16.1 Å². The first kappa shape index (κ1) is 23.9. The second kappa shape index (κ2) is 11.7. The Morgan fingerprint density at radius 1 is 1.07 bits per heavy atom. The van der Waals surface area contributed by atoms with Crippen LogP contribution in [0.3, 0.4) is 0 Å². The van der Waals surface area contributed by atoms with E-state index in [0.29, 0.717) is 18.9 Å². The lowest BCUT2D eigenvalue weighted by Crippen LogP contribution is -2.50. The van der Waals surface area contributed by atoms with Gasteiger partial charge in [0.05, 0.1) is 5.75 Å². The van der Waals surface area contributed by atoms with Gasteiger partial charge in [0, 0.05) is 18.0 Å². The first-order chi connectivity index (χ1) is 14.3. The lowest BCUT2D eigenvalue weighted by Gasteiger charge is -2.31. The summed E-state index contributed by atoms with van der Waals surface area (Å²) in [5.41, 5.74) is 1.96. The summed E-state index contributed by atoms with van der Waals surface area (Å²) in [6, 6.07) is 13.5. The van der Waals surface area contributed by atoms with E-state index in [4.69, 9.17) is 0 Å². The maximum Gasteiger partial charge on any atom is 0.242 e. The molecule has 162 valence electrons. The summed E-state index contributed by atoms with van der Waals surface area (Å²) in [4.78, 5) is 28.6. The average molecular weight is 431 g/mol. The minimum atomic E-state index is -0.570. The predicted octanol–water partition coefficient (Wildman–Crippen LogP) is 4.81. The van der Waals surface area contributed by atoms with Crippen molar-refractivity contribution in [2.45, 2.75) is 51.6 Å². The summed E-state index contributed by atoms with van der Waals surface area (Å²) in [6.07, 6.45) is 0.506. The molecule has 0 saturated carbocycles. The number of amides is 2. The lowest BCUT2D eigenvalue weighted by molar-refractivity contribution is -0.139. The van der Waals surface area contributed by atoms with E-state index in [1.54, 1.807) is 17.0 Å². The van der Waals surface area contributed by atoms with E-state index < -0.39 is 6.04 Å². The normalized spacial score (nSPS) is 11.9. The SMILES string of the molecule is CC[C@@H](C(=O)NCC(C)C)N(Cc1ccc(F)cc1)C(=O)CSc1ccc(C)cc1. The van der Waals surface area contributed by atoms with Crippen LogP contribution in [0.25, 0.3) is 0 Å². The fourth-order valence-corrected chi connectivity index (χ4v) is 3.78. The molecule has 4 nitrogen and oxygen atoms in total. The maximum absolute atomic E-state index is 13.3. The molecule has 0 spiro atoms. The Balaban J connectivity index is 2.17. The molecule has 0 bridgehead atoms. The van der Waals surface area contributed by atoms with Crippen molar-refractivity contribution in [3.8, 4) is 0 Å². The highest BCUT2D eigenvalue weighted by atomic mass is 32.2. The average Bonchev–Trinajstić information content (AvgIpc) is 2.72. The Hall–Kier alpha value is -2.34. The van der Waals surface area contributed by atoms with Gasteiger partial charge in [-0.3, -0.25) is 9.59 Å². The predicted molar refractivity (Wildman–Crippen MR) is 121 cm³/mol. The highest BCUT2D eigenvalue weighted by Gasteiger charge is 2.28. The number of nitrogens with zero attached hydrogens (tertiary/aromatic N) is 1. The van der Waals surface area contributed by atoms with Crippen LogP contribution in [0.2, 0.25) is 0 Å². The van der Waals surface area contributed by atoms with Gasteiger partial charge in [-0.15, -0.1) is 11.8 Å². The molecule has 2 rings (SSSR count). The molecule has 0 unspecified atom stereocenters. The Kier molecular flexibility index (Phi) is 9.37. The number of hydrogen-bond acceptors (Lipinski definition) is 3. The molecule has 0 aromatic heterocycles. The topological polar surface area (TPSA) is 49.4 Å². The molecule has 1 atom stereocenters. The van der Waals surface area contributed by atoms with Gasteiger partial charge in [0.1, 0.15) is 11.9 Å². The number of halogens is 1. The smallest absolute Gasteiger partial charge is 0.242 e. The van der Waals surface area contributed by atoms with E-state index >= 15 is 0 Å². The number of thioether (sulfide) groups is 1. The number of aryl methyl sites for hydroxylation is 1. The van der Waals surface area contributed by atoms with E-state index in [1.807, 2.05) is 52.0 Å². The van der Waals surface area contributed by atoms with Crippen LogP contribution in [0.5, 0.6) is 0 Å². The van der Waals surface area contributed by atoms with Crippen molar-refractivity contribution < 1.29 is 14.0 Å². The van der Waals surface area contributed by atoms with Crippen LogP contribution < -0.4 is 5.32 Å². The van der Waals surface area contributed by atoms with Crippen molar-refractivity contribution >= 4 is 23.6 Å². The molecule has 0 aliphatic rings. The zero-order chi connectivity index (χ0) is 22.1. The van der Waals surface area contributed by atoms with Crippen LogP contribution in [0.4, 0.5) is 4.39 Å². The van der Waals surface area contributed by atoms with Gasteiger partial charge in [0.25, 0.3) is 0 Å². The Morgan fingerprint density at radius 3 is 2.27 bits per heavy atom. The van der Waals surface area contributed by atoms with Gasteiger partial charge in [-0.05, 0) is 49.1 Å². The summed E-state index contributed by atoms with van der Waals surface area (Å²) in [7, 11) is 0. The van der Waals surface area contributed by atoms with E-state index in [1.165, 1.54) is 23.9 Å². The summed E-state index contributed by atoms with van der Waals surface area (Å²) < 4.78 is 13.3. The molecule has 0 aliphatic carbocycles. The van der Waals surface area contributed by atoms with Crippen LogP contribution in [-0.4, -0.2) is 35.1 Å². The molecule has 0 saturated heterocycles. The fourth-order valence-electron chi connectivity index (χ4n) is 2.99. The third-order valence-corrected chi connectivity index (χ3v) is 5.72. The first-order valence-corrected chi connectivity index (χ1v) is 11.3. The van der Waals surface area contributed by atoms with Crippen molar-refractivity contribution in [2.75, 3.05) is 12.3 Å². The van der Waals surface area contributed by atoms with Crippen molar-refractivity contribution in [3.05, 3.63) is 65.5 Å². The number of carbonyl (C=O) groups is 2. The molecule has 0 heterocycles. The third-order valence-electron chi connectivity index (χ3n) is 4.72. The monoisotopic (exact) mass is 430 g/mol. The van der Waals surface area contributed by atoms with Crippen molar-refractivity contribution in [2.24, 2.45) is 5.92 Å². The number of nitrogens with one attached hydrogen (secondary N) is 1. The van der Waals surface area contributed by atoms with E-state index in [0.717, 1.165) is 16.0 Å².